The van der Waals surface area contributed by atoms with Crippen molar-refractivity contribution < 1.29 is 14.3 Å². The van der Waals surface area contributed by atoms with Gasteiger partial charge in [-0.2, -0.15) is 5.26 Å². The second kappa shape index (κ2) is 9.41. The first kappa shape index (κ1) is 21.8. The van der Waals surface area contributed by atoms with Crippen LogP contribution in [0.3, 0.4) is 0 Å². The van der Waals surface area contributed by atoms with Crippen molar-refractivity contribution in [2.24, 2.45) is 0 Å². The molecule has 0 amide bonds. The Morgan fingerprint density at radius 3 is 1.94 bits per heavy atom. The van der Waals surface area contributed by atoms with Gasteiger partial charge in [0.25, 0.3) is 0 Å². The number of anilines is 2. The Hall–Kier alpha value is -4.37. The summed E-state index contributed by atoms with van der Waals surface area (Å²) >= 11 is 0. The summed E-state index contributed by atoms with van der Waals surface area (Å²) in [5, 5.41) is 9.67. The van der Waals surface area contributed by atoms with Gasteiger partial charge in [-0.15, -0.1) is 0 Å². The fourth-order valence-corrected chi connectivity index (χ4v) is 3.94. The molecule has 6 nitrogen and oxygen atoms in total. The molecular formula is C27H23N3O3. The first-order valence-electron chi connectivity index (χ1n) is 10.5. The molecule has 3 aromatic carbocycles. The van der Waals surface area contributed by atoms with E-state index in [4.69, 9.17) is 4.74 Å². The molecule has 0 unspecified atom stereocenters. The van der Waals surface area contributed by atoms with Crippen molar-refractivity contribution in [3.8, 4) is 17.2 Å². The molecule has 0 N–H and O–H groups in total. The molecule has 0 radical (unpaired) electrons. The molecule has 0 saturated heterocycles. The zero-order valence-corrected chi connectivity index (χ0v) is 18.5. The highest BCUT2D eigenvalue weighted by molar-refractivity contribution is 6.03. The van der Waals surface area contributed by atoms with Crippen LogP contribution in [-0.4, -0.2) is 32.5 Å². The molecule has 0 aliphatic carbocycles. The molecule has 6 heteroatoms. The number of nitriles is 1. The SMILES string of the molecule is CN1C(=C(C#N)C(=O)COC(=O)Cc2ccc(-c3ccccc3)cc2)N(C)c2ccccc21. The third-order valence-corrected chi connectivity index (χ3v) is 5.63. The van der Waals surface area contributed by atoms with Crippen LogP contribution in [0.5, 0.6) is 0 Å². The van der Waals surface area contributed by atoms with Crippen LogP contribution in [-0.2, 0) is 20.7 Å². The molecule has 0 fully saturated rings. The Morgan fingerprint density at radius 2 is 1.36 bits per heavy atom. The van der Waals surface area contributed by atoms with Gasteiger partial charge in [-0.3, -0.25) is 9.59 Å². The Balaban J connectivity index is 1.40. The van der Waals surface area contributed by atoms with E-state index in [0.29, 0.717) is 5.82 Å². The van der Waals surface area contributed by atoms with Crippen molar-refractivity contribution >= 4 is 23.1 Å². The predicted molar refractivity (Wildman–Crippen MR) is 127 cm³/mol. The Kier molecular flexibility index (Phi) is 6.23. The molecule has 0 bridgehead atoms. The molecule has 1 aliphatic rings. The zero-order valence-electron chi connectivity index (χ0n) is 18.5. The van der Waals surface area contributed by atoms with Crippen LogP contribution in [0.4, 0.5) is 11.4 Å². The van der Waals surface area contributed by atoms with E-state index in [2.05, 4.69) is 0 Å². The van der Waals surface area contributed by atoms with Gasteiger partial charge >= 0.3 is 5.97 Å². The van der Waals surface area contributed by atoms with Gasteiger partial charge in [0.05, 0.1) is 17.8 Å². The molecule has 33 heavy (non-hydrogen) atoms. The number of rotatable bonds is 6. The largest absolute Gasteiger partial charge is 0.457 e. The van der Waals surface area contributed by atoms with Gasteiger partial charge in [0, 0.05) is 14.1 Å². The third kappa shape index (κ3) is 4.48. The molecular weight excluding hydrogens is 414 g/mol. The summed E-state index contributed by atoms with van der Waals surface area (Å²) in [6, 6.07) is 27.2. The maximum Gasteiger partial charge on any atom is 0.310 e. The first-order chi connectivity index (χ1) is 16.0. The lowest BCUT2D eigenvalue weighted by Gasteiger charge is -2.19. The average Bonchev–Trinajstić information content (AvgIpc) is 3.10. The summed E-state index contributed by atoms with van der Waals surface area (Å²) in [4.78, 5) is 28.7. The van der Waals surface area contributed by atoms with E-state index in [-0.39, 0.29) is 12.0 Å². The highest BCUT2D eigenvalue weighted by Gasteiger charge is 2.31. The number of Topliss-reactive ketones (excluding diaryl/α,β-unsaturated/α-hetero) is 1. The summed E-state index contributed by atoms with van der Waals surface area (Å²) in [5.74, 6) is -0.586. The van der Waals surface area contributed by atoms with Crippen LogP contribution in [0.15, 0.2) is 90.3 Å². The number of hydrogen-bond donors (Lipinski definition) is 0. The van der Waals surface area contributed by atoms with E-state index in [0.717, 1.165) is 28.1 Å². The van der Waals surface area contributed by atoms with E-state index < -0.39 is 18.4 Å². The Morgan fingerprint density at radius 1 is 0.818 bits per heavy atom. The highest BCUT2D eigenvalue weighted by Crippen LogP contribution is 2.40. The average molecular weight is 437 g/mol. The fraction of sp³-hybridized carbons (Fsp3) is 0.148. The van der Waals surface area contributed by atoms with Crippen molar-refractivity contribution in [2.45, 2.75) is 6.42 Å². The first-order valence-corrected chi connectivity index (χ1v) is 10.5. The van der Waals surface area contributed by atoms with Crippen LogP contribution < -0.4 is 9.80 Å². The summed E-state index contributed by atoms with van der Waals surface area (Å²) in [6.07, 6.45) is 0.0477. The minimum absolute atomic E-state index is 0.0452. The van der Waals surface area contributed by atoms with E-state index >= 15 is 0 Å². The maximum atomic E-state index is 12.8. The van der Waals surface area contributed by atoms with Crippen LogP contribution in [0.25, 0.3) is 11.1 Å². The van der Waals surface area contributed by atoms with Crippen molar-refractivity contribution in [3.05, 3.63) is 95.8 Å². The molecule has 164 valence electrons. The summed E-state index contributed by atoms with van der Waals surface area (Å²) < 4.78 is 5.20. The number of fused-ring (bicyclic) bond motifs is 1. The van der Waals surface area contributed by atoms with Gasteiger partial charge in [-0.1, -0.05) is 66.7 Å². The number of benzene rings is 3. The van der Waals surface area contributed by atoms with Gasteiger partial charge in [0.1, 0.15) is 17.5 Å². The number of hydrogen-bond acceptors (Lipinski definition) is 6. The Bertz CT molecular complexity index is 1230. The molecule has 0 spiro atoms. The van der Waals surface area contributed by atoms with Crippen molar-refractivity contribution in [1.29, 1.82) is 5.26 Å². The predicted octanol–water partition coefficient (Wildman–Crippen LogP) is 4.33. The van der Waals surface area contributed by atoms with Crippen molar-refractivity contribution in [3.63, 3.8) is 0 Å². The topological polar surface area (TPSA) is 73.6 Å². The number of ketones is 1. The monoisotopic (exact) mass is 437 g/mol. The number of ether oxygens (including phenoxy) is 1. The minimum atomic E-state index is -0.535. The number of esters is 1. The summed E-state index contributed by atoms with van der Waals surface area (Å²) in [7, 11) is 3.60. The van der Waals surface area contributed by atoms with Crippen LogP contribution in [0, 0.1) is 11.3 Å². The zero-order chi connectivity index (χ0) is 23.4. The molecule has 1 heterocycles. The van der Waals surface area contributed by atoms with E-state index in [1.807, 2.05) is 84.9 Å². The standard InChI is InChI=1S/C27H23N3O3/c1-29-23-10-6-7-11-24(23)30(2)27(29)22(17-28)25(31)18-33-26(32)16-19-12-14-21(15-13-19)20-8-4-3-5-9-20/h3-15H,16,18H2,1-2H3. The number of nitrogens with zero attached hydrogens (tertiary/aromatic N) is 3. The lowest BCUT2D eigenvalue weighted by atomic mass is 10.0. The van der Waals surface area contributed by atoms with E-state index in [1.165, 1.54) is 0 Å². The molecule has 1 aliphatic heterocycles. The third-order valence-electron chi connectivity index (χ3n) is 5.63. The number of carbonyl (C=O) groups is 2. The van der Waals surface area contributed by atoms with E-state index in [1.54, 1.807) is 23.9 Å². The molecule has 0 atom stereocenters. The normalized spacial score (nSPS) is 12.2. The highest BCUT2D eigenvalue weighted by atomic mass is 16.5. The van der Waals surface area contributed by atoms with Gasteiger partial charge in [-0.25, -0.2) is 0 Å². The van der Waals surface area contributed by atoms with Crippen molar-refractivity contribution in [2.75, 3.05) is 30.5 Å². The lowest BCUT2D eigenvalue weighted by Crippen LogP contribution is -2.28. The van der Waals surface area contributed by atoms with Crippen molar-refractivity contribution in [1.82, 2.24) is 0 Å². The van der Waals surface area contributed by atoms with Gasteiger partial charge in [0.2, 0.25) is 5.78 Å². The van der Waals surface area contributed by atoms with E-state index in [9.17, 15) is 14.9 Å². The maximum absolute atomic E-state index is 12.8. The number of carbonyl (C=O) groups excluding carboxylic acids is 2. The summed E-state index contributed by atoms with van der Waals surface area (Å²) in [6.45, 7) is -0.481. The fourth-order valence-electron chi connectivity index (χ4n) is 3.94. The Labute approximate surface area is 192 Å². The second-order valence-electron chi connectivity index (χ2n) is 7.74. The van der Waals surface area contributed by atoms with Crippen LogP contribution >= 0.6 is 0 Å². The van der Waals surface area contributed by atoms with Gasteiger partial charge in [-0.05, 0) is 28.8 Å². The van der Waals surface area contributed by atoms with Gasteiger partial charge in [0.15, 0.2) is 6.61 Å². The second-order valence-corrected chi connectivity index (χ2v) is 7.74. The molecule has 3 aromatic rings. The molecule has 0 aromatic heterocycles. The lowest BCUT2D eigenvalue weighted by molar-refractivity contribution is -0.146. The number of para-hydroxylation sites is 2. The van der Waals surface area contributed by atoms with Crippen LogP contribution in [0.1, 0.15) is 5.56 Å². The summed E-state index contributed by atoms with van der Waals surface area (Å²) in [5.41, 5.74) is 4.68. The smallest absolute Gasteiger partial charge is 0.310 e. The van der Waals surface area contributed by atoms with Crippen LogP contribution in [0.2, 0.25) is 0 Å². The van der Waals surface area contributed by atoms with Gasteiger partial charge < -0.3 is 14.5 Å². The quantitative estimate of drug-likeness (QED) is 0.325. The minimum Gasteiger partial charge on any atom is -0.457 e. The molecule has 4 rings (SSSR count). The molecule has 0 saturated carbocycles.